The molecular weight excluding hydrogens is 381 g/mol. The second-order valence-electron chi connectivity index (χ2n) is 7.67. The van der Waals surface area contributed by atoms with E-state index in [0.29, 0.717) is 16.8 Å². The highest BCUT2D eigenvalue weighted by Crippen LogP contribution is 2.19. The fourth-order valence-corrected chi connectivity index (χ4v) is 3.77. The minimum Gasteiger partial charge on any atom is -0.349 e. The molecule has 1 N–H and O–H groups in total. The first-order valence-corrected chi connectivity index (χ1v) is 10.4. The van der Waals surface area contributed by atoms with Gasteiger partial charge in [0, 0.05) is 55.7 Å². The number of halogens is 1. The average molecular weight is 407 g/mol. The van der Waals surface area contributed by atoms with Gasteiger partial charge < -0.3 is 5.32 Å². The van der Waals surface area contributed by atoms with E-state index in [1.807, 2.05) is 10.9 Å². The molecule has 156 valence electrons. The monoisotopic (exact) mass is 407 g/mol. The highest BCUT2D eigenvalue weighted by molar-refractivity contribution is 5.94. The van der Waals surface area contributed by atoms with Crippen LogP contribution in [-0.2, 0) is 13.1 Å². The molecule has 1 aliphatic heterocycles. The third-order valence-corrected chi connectivity index (χ3v) is 5.49. The molecule has 4 rings (SSSR count). The number of aromatic nitrogens is 3. The zero-order chi connectivity index (χ0) is 20.9. The van der Waals surface area contributed by atoms with Crippen LogP contribution in [0.15, 0.2) is 55.0 Å². The molecule has 0 atom stereocenters. The number of nitrogens with one attached hydrogen (secondary N) is 1. The van der Waals surface area contributed by atoms with E-state index < -0.39 is 0 Å². The number of nitrogens with zero attached hydrogens (tertiary/aromatic N) is 4. The molecule has 30 heavy (non-hydrogen) atoms. The summed E-state index contributed by atoms with van der Waals surface area (Å²) in [7, 11) is 0. The number of benzene rings is 1. The Morgan fingerprint density at radius 3 is 2.70 bits per heavy atom. The number of likely N-dealkylation sites (tertiary alicyclic amines) is 1. The molecule has 2 aromatic heterocycles. The van der Waals surface area contributed by atoms with Crippen LogP contribution in [0.5, 0.6) is 0 Å². The summed E-state index contributed by atoms with van der Waals surface area (Å²) >= 11 is 0. The van der Waals surface area contributed by atoms with Crippen molar-refractivity contribution in [2.45, 2.75) is 38.9 Å². The van der Waals surface area contributed by atoms with Crippen LogP contribution in [0, 0.1) is 5.82 Å². The predicted octanol–water partition coefficient (Wildman–Crippen LogP) is 3.50. The van der Waals surface area contributed by atoms with Crippen molar-refractivity contribution in [1.29, 1.82) is 0 Å². The number of hydrogen-bond acceptors (Lipinski definition) is 4. The Bertz CT molecular complexity index is 993. The van der Waals surface area contributed by atoms with E-state index in [0.717, 1.165) is 39.0 Å². The van der Waals surface area contributed by atoms with E-state index in [4.69, 9.17) is 0 Å². The third-order valence-electron chi connectivity index (χ3n) is 5.49. The van der Waals surface area contributed by atoms with Gasteiger partial charge in [-0.25, -0.2) is 4.39 Å². The van der Waals surface area contributed by atoms with Crippen molar-refractivity contribution in [3.8, 4) is 11.3 Å². The Morgan fingerprint density at radius 1 is 1.20 bits per heavy atom. The summed E-state index contributed by atoms with van der Waals surface area (Å²) in [5, 5.41) is 7.45. The highest BCUT2D eigenvalue weighted by Gasteiger charge is 2.21. The first-order valence-electron chi connectivity index (χ1n) is 10.4. The first-order chi connectivity index (χ1) is 14.6. The van der Waals surface area contributed by atoms with Crippen LogP contribution in [0.2, 0.25) is 0 Å². The van der Waals surface area contributed by atoms with Gasteiger partial charge in [-0.15, -0.1) is 0 Å². The maximum Gasteiger partial charge on any atom is 0.253 e. The SMILES string of the molecule is CCn1cc(CN2CCC(NC(=O)c3ccc(-c4cccc(F)c4)nc3)CC2)cn1. The molecule has 0 radical (unpaired) electrons. The number of carbonyl (C=O) groups is 1. The van der Waals surface area contributed by atoms with Gasteiger partial charge in [0.25, 0.3) is 5.91 Å². The molecule has 0 spiro atoms. The van der Waals surface area contributed by atoms with Crippen molar-refractivity contribution >= 4 is 5.91 Å². The van der Waals surface area contributed by atoms with Crippen molar-refractivity contribution in [3.63, 3.8) is 0 Å². The number of amides is 1. The fraction of sp³-hybridized carbons (Fsp3) is 0.348. The van der Waals surface area contributed by atoms with Crippen LogP contribution < -0.4 is 5.32 Å². The third kappa shape index (κ3) is 4.91. The summed E-state index contributed by atoms with van der Waals surface area (Å²) in [5.74, 6) is -0.419. The second kappa shape index (κ2) is 9.17. The second-order valence-corrected chi connectivity index (χ2v) is 7.67. The molecule has 7 heteroatoms. The van der Waals surface area contributed by atoms with E-state index in [1.54, 1.807) is 30.5 Å². The van der Waals surface area contributed by atoms with Crippen LogP contribution >= 0.6 is 0 Å². The maximum absolute atomic E-state index is 13.4. The van der Waals surface area contributed by atoms with Gasteiger partial charge in [0.2, 0.25) is 0 Å². The number of piperidine rings is 1. The summed E-state index contributed by atoms with van der Waals surface area (Å²) in [6, 6.07) is 9.93. The maximum atomic E-state index is 13.4. The number of pyridine rings is 1. The Labute approximate surface area is 175 Å². The molecule has 1 aliphatic rings. The van der Waals surface area contributed by atoms with Crippen LogP contribution in [0.4, 0.5) is 4.39 Å². The topological polar surface area (TPSA) is 63.0 Å². The van der Waals surface area contributed by atoms with Crippen LogP contribution in [0.1, 0.15) is 35.7 Å². The minimum absolute atomic E-state index is 0.115. The molecule has 6 nitrogen and oxygen atoms in total. The summed E-state index contributed by atoms with van der Waals surface area (Å²) in [6.07, 6.45) is 7.41. The van der Waals surface area contributed by atoms with Crippen LogP contribution in [0.3, 0.4) is 0 Å². The predicted molar refractivity (Wildman–Crippen MR) is 113 cm³/mol. The fourth-order valence-electron chi connectivity index (χ4n) is 3.77. The lowest BCUT2D eigenvalue weighted by Crippen LogP contribution is -2.44. The van der Waals surface area contributed by atoms with Crippen molar-refractivity contribution in [1.82, 2.24) is 25.0 Å². The first kappa shape index (κ1) is 20.2. The number of carbonyl (C=O) groups excluding carboxylic acids is 1. The van der Waals surface area contributed by atoms with Gasteiger partial charge >= 0.3 is 0 Å². The van der Waals surface area contributed by atoms with Crippen LogP contribution in [-0.4, -0.2) is 44.7 Å². The van der Waals surface area contributed by atoms with Crippen molar-refractivity contribution < 1.29 is 9.18 Å². The Hall–Kier alpha value is -3.06. The Morgan fingerprint density at radius 2 is 2.03 bits per heavy atom. The zero-order valence-electron chi connectivity index (χ0n) is 17.1. The van der Waals surface area contributed by atoms with E-state index >= 15 is 0 Å². The van der Waals surface area contributed by atoms with E-state index in [9.17, 15) is 9.18 Å². The molecule has 1 amide bonds. The molecular formula is C23H26FN5O. The van der Waals surface area contributed by atoms with Gasteiger partial charge in [0.1, 0.15) is 5.82 Å². The Kier molecular flexibility index (Phi) is 6.18. The van der Waals surface area contributed by atoms with Crippen molar-refractivity contribution in [3.05, 3.63) is 71.9 Å². The molecule has 0 bridgehead atoms. The molecule has 0 aliphatic carbocycles. The van der Waals surface area contributed by atoms with Crippen molar-refractivity contribution in [2.75, 3.05) is 13.1 Å². The lowest BCUT2D eigenvalue weighted by Gasteiger charge is -2.32. The number of hydrogen-bond donors (Lipinski definition) is 1. The van der Waals surface area contributed by atoms with Gasteiger partial charge in [-0.3, -0.25) is 19.4 Å². The van der Waals surface area contributed by atoms with Crippen molar-refractivity contribution in [2.24, 2.45) is 0 Å². The number of rotatable bonds is 6. The Balaban J connectivity index is 1.28. The largest absolute Gasteiger partial charge is 0.349 e. The normalized spacial score (nSPS) is 15.3. The summed E-state index contributed by atoms with van der Waals surface area (Å²) in [4.78, 5) is 19.3. The molecule has 1 aromatic carbocycles. The molecule has 1 fully saturated rings. The lowest BCUT2D eigenvalue weighted by molar-refractivity contribution is 0.0908. The summed E-state index contributed by atoms with van der Waals surface area (Å²) < 4.78 is 15.3. The van der Waals surface area contributed by atoms with Gasteiger partial charge in [-0.05, 0) is 44.0 Å². The average Bonchev–Trinajstić information content (AvgIpc) is 3.23. The van der Waals surface area contributed by atoms with Gasteiger partial charge in [-0.1, -0.05) is 12.1 Å². The van der Waals surface area contributed by atoms with E-state index in [1.165, 1.54) is 17.7 Å². The standard InChI is InChI=1S/C23H26FN5O/c1-2-29-16-17(13-26-29)15-28-10-8-21(9-11-28)27-23(30)19-6-7-22(25-14-19)18-4-3-5-20(24)12-18/h3-7,12-14,16,21H,2,8-11,15H2,1H3,(H,27,30). The quantitative estimate of drug-likeness (QED) is 0.679. The molecule has 3 heterocycles. The summed E-state index contributed by atoms with van der Waals surface area (Å²) in [5.41, 5.74) is 3.08. The summed E-state index contributed by atoms with van der Waals surface area (Å²) in [6.45, 7) is 5.74. The van der Waals surface area contributed by atoms with Crippen LogP contribution in [0.25, 0.3) is 11.3 Å². The van der Waals surface area contributed by atoms with E-state index in [-0.39, 0.29) is 17.8 Å². The lowest BCUT2D eigenvalue weighted by atomic mass is 10.0. The van der Waals surface area contributed by atoms with Gasteiger partial charge in [-0.2, -0.15) is 5.10 Å². The zero-order valence-corrected chi connectivity index (χ0v) is 17.1. The highest BCUT2D eigenvalue weighted by atomic mass is 19.1. The number of aryl methyl sites for hydroxylation is 1. The van der Waals surface area contributed by atoms with Gasteiger partial charge in [0.05, 0.1) is 17.5 Å². The smallest absolute Gasteiger partial charge is 0.253 e. The van der Waals surface area contributed by atoms with Gasteiger partial charge in [0.15, 0.2) is 0 Å². The van der Waals surface area contributed by atoms with E-state index in [2.05, 4.69) is 33.4 Å². The minimum atomic E-state index is -0.304. The molecule has 3 aromatic rings. The molecule has 0 unspecified atom stereocenters. The molecule has 0 saturated carbocycles. The molecule has 1 saturated heterocycles.